The molecular formula is C19H19IO2. The largest absolute Gasteiger partial charge is 0.482 e. The van der Waals surface area contributed by atoms with E-state index in [1.807, 2.05) is 40.8 Å². The predicted molar refractivity (Wildman–Crippen MR) is 98.3 cm³/mol. The quantitative estimate of drug-likeness (QED) is 0.274. The molecule has 0 fully saturated rings. The fourth-order valence-corrected chi connectivity index (χ4v) is 3.34. The van der Waals surface area contributed by atoms with Crippen LogP contribution in [0.1, 0.15) is 32.6 Å². The molecule has 114 valence electrons. The Morgan fingerprint density at radius 2 is 2.32 bits per heavy atom. The maximum Gasteiger partial charge on any atom is 0.196 e. The molecule has 0 aromatic carbocycles. The van der Waals surface area contributed by atoms with Crippen molar-refractivity contribution in [2.24, 2.45) is 0 Å². The van der Waals surface area contributed by atoms with Crippen molar-refractivity contribution < 1.29 is 9.53 Å². The van der Waals surface area contributed by atoms with E-state index < -0.39 is 0 Å². The normalized spacial score (nSPS) is 23.6. The van der Waals surface area contributed by atoms with Crippen LogP contribution < -0.4 is 0 Å². The summed E-state index contributed by atoms with van der Waals surface area (Å²) in [5.41, 5.74) is 2.03. The van der Waals surface area contributed by atoms with Crippen LogP contribution in [0.3, 0.4) is 0 Å². The van der Waals surface area contributed by atoms with E-state index in [1.165, 1.54) is 5.57 Å². The van der Waals surface area contributed by atoms with Crippen LogP contribution in [0.2, 0.25) is 0 Å². The van der Waals surface area contributed by atoms with Gasteiger partial charge in [0.15, 0.2) is 9.39 Å². The van der Waals surface area contributed by atoms with Gasteiger partial charge < -0.3 is 4.74 Å². The molecule has 22 heavy (non-hydrogen) atoms. The van der Waals surface area contributed by atoms with E-state index in [2.05, 4.69) is 31.1 Å². The highest BCUT2D eigenvalue weighted by atomic mass is 127. The molecule has 2 aliphatic rings. The van der Waals surface area contributed by atoms with Crippen molar-refractivity contribution in [3.63, 3.8) is 0 Å². The summed E-state index contributed by atoms with van der Waals surface area (Å²) in [5, 5.41) is 0. The molecule has 1 spiro atoms. The second kappa shape index (κ2) is 7.64. The average Bonchev–Trinajstić information content (AvgIpc) is 2.44. The summed E-state index contributed by atoms with van der Waals surface area (Å²) in [4.78, 5) is 11.4. The van der Waals surface area contributed by atoms with Gasteiger partial charge in [-0.05, 0) is 46.2 Å². The summed E-state index contributed by atoms with van der Waals surface area (Å²) in [6.07, 6.45) is 21.9. The highest BCUT2D eigenvalue weighted by Gasteiger charge is 2.42. The van der Waals surface area contributed by atoms with Crippen LogP contribution in [0.4, 0.5) is 0 Å². The van der Waals surface area contributed by atoms with Crippen molar-refractivity contribution in [3.05, 3.63) is 59.4 Å². The highest BCUT2D eigenvalue weighted by Crippen LogP contribution is 2.45. The lowest BCUT2D eigenvalue weighted by Crippen LogP contribution is -2.41. The van der Waals surface area contributed by atoms with E-state index in [1.54, 1.807) is 6.08 Å². The molecule has 1 aliphatic heterocycles. The lowest BCUT2D eigenvalue weighted by Gasteiger charge is -2.44. The third-order valence-electron chi connectivity index (χ3n) is 3.79. The summed E-state index contributed by atoms with van der Waals surface area (Å²) in [7, 11) is 0. The molecule has 2 rings (SSSR count). The fraction of sp³-hybridized carbons (Fsp3) is 0.316. The number of halogens is 1. The number of rotatable bonds is 6. The van der Waals surface area contributed by atoms with E-state index in [0.717, 1.165) is 30.6 Å². The molecule has 2 nitrogen and oxygen atoms in total. The van der Waals surface area contributed by atoms with Gasteiger partial charge in [0, 0.05) is 25.3 Å². The van der Waals surface area contributed by atoms with E-state index in [-0.39, 0.29) is 9.39 Å². The van der Waals surface area contributed by atoms with Crippen molar-refractivity contribution in [1.82, 2.24) is 0 Å². The molecule has 1 heterocycles. The molecule has 0 aromatic heterocycles. The van der Waals surface area contributed by atoms with Crippen molar-refractivity contribution in [2.75, 3.05) is 0 Å². The number of carbonyl (C=O) groups is 1. The Balaban J connectivity index is 2.10. The lowest BCUT2D eigenvalue weighted by molar-refractivity contribution is -0.108. The Bertz CT molecular complexity index is 641. The number of hydrogen-bond acceptors (Lipinski definition) is 2. The summed E-state index contributed by atoms with van der Waals surface area (Å²) < 4.78 is 6.27. The SMILES string of the molecule is C#C/C=C\C=C/CC1=CC2(CC=CC(CC(=O)I)=C2CC)O1. The smallest absolute Gasteiger partial charge is 0.196 e. The van der Waals surface area contributed by atoms with Gasteiger partial charge in [-0.2, -0.15) is 0 Å². The fourth-order valence-electron chi connectivity index (χ4n) is 2.93. The zero-order valence-corrected chi connectivity index (χ0v) is 14.8. The molecule has 3 heteroatoms. The number of ether oxygens (including phenoxy) is 1. The topological polar surface area (TPSA) is 26.3 Å². The van der Waals surface area contributed by atoms with Crippen molar-refractivity contribution in [2.45, 2.75) is 38.2 Å². The van der Waals surface area contributed by atoms with E-state index >= 15 is 0 Å². The second-order valence-corrected chi connectivity index (χ2v) is 6.46. The number of carbonyl (C=O) groups excluding carboxylic acids is 1. The van der Waals surface area contributed by atoms with Crippen LogP contribution in [-0.2, 0) is 9.53 Å². The Morgan fingerprint density at radius 3 is 2.95 bits per heavy atom. The standard InChI is InChI=1S/C19H19IO2/c1-3-5-6-7-8-11-16-14-19(22-16)12-9-10-15(13-18(20)21)17(19)4-2/h1,5-10,14H,4,11-13H2,2H3/b6-5-,8-7-. The zero-order chi connectivity index (χ0) is 16.0. The minimum Gasteiger partial charge on any atom is -0.482 e. The minimum absolute atomic E-state index is 0.159. The van der Waals surface area contributed by atoms with Crippen molar-refractivity contribution >= 4 is 26.4 Å². The molecule has 0 saturated carbocycles. The van der Waals surface area contributed by atoms with Crippen LogP contribution in [0.25, 0.3) is 0 Å². The first-order valence-corrected chi connectivity index (χ1v) is 8.45. The van der Waals surface area contributed by atoms with Gasteiger partial charge in [0.25, 0.3) is 0 Å². The maximum atomic E-state index is 11.4. The molecule has 0 saturated heterocycles. The third kappa shape index (κ3) is 3.80. The molecule has 1 unspecified atom stereocenters. The van der Waals surface area contributed by atoms with Crippen molar-refractivity contribution in [3.8, 4) is 12.3 Å². The number of allylic oxidation sites excluding steroid dienone is 6. The van der Waals surface area contributed by atoms with E-state index in [4.69, 9.17) is 11.2 Å². The monoisotopic (exact) mass is 406 g/mol. The average molecular weight is 406 g/mol. The summed E-state index contributed by atoms with van der Waals surface area (Å²) in [5.74, 6) is 3.42. The predicted octanol–water partition coefficient (Wildman–Crippen LogP) is 4.79. The third-order valence-corrected chi connectivity index (χ3v) is 4.17. The first-order chi connectivity index (χ1) is 10.6. The minimum atomic E-state index is -0.317. The van der Waals surface area contributed by atoms with Crippen molar-refractivity contribution in [1.29, 1.82) is 0 Å². The zero-order valence-electron chi connectivity index (χ0n) is 12.6. The van der Waals surface area contributed by atoms with Crippen LogP contribution in [0, 0.1) is 12.3 Å². The lowest BCUT2D eigenvalue weighted by atomic mass is 9.77. The Labute approximate surface area is 145 Å². The maximum absolute atomic E-state index is 11.4. The van der Waals surface area contributed by atoms with Crippen LogP contribution in [-0.4, -0.2) is 9.39 Å². The van der Waals surface area contributed by atoms with E-state index in [0.29, 0.717) is 6.42 Å². The van der Waals surface area contributed by atoms with Gasteiger partial charge in [-0.15, -0.1) is 6.42 Å². The molecule has 1 aliphatic carbocycles. The molecule has 0 N–H and O–H groups in total. The molecule has 0 aromatic rings. The Hall–Kier alpha value is -1.54. The van der Waals surface area contributed by atoms with Gasteiger partial charge in [0.2, 0.25) is 0 Å². The highest BCUT2D eigenvalue weighted by molar-refractivity contribution is 14.1. The van der Waals surface area contributed by atoms with Gasteiger partial charge in [0.1, 0.15) is 5.76 Å². The molecule has 0 amide bonds. The number of hydrogen-bond donors (Lipinski definition) is 0. The molecule has 0 radical (unpaired) electrons. The first-order valence-electron chi connectivity index (χ1n) is 7.37. The second-order valence-electron chi connectivity index (χ2n) is 5.26. The number of terminal acetylenes is 1. The van der Waals surface area contributed by atoms with Gasteiger partial charge in [-0.25, -0.2) is 0 Å². The summed E-state index contributed by atoms with van der Waals surface area (Å²) in [6, 6.07) is 0. The molecular weight excluding hydrogens is 387 g/mol. The Kier molecular flexibility index (Phi) is 5.84. The van der Waals surface area contributed by atoms with Crippen LogP contribution in [0.15, 0.2) is 59.4 Å². The van der Waals surface area contributed by atoms with Gasteiger partial charge in [-0.1, -0.05) is 43.2 Å². The summed E-state index contributed by atoms with van der Waals surface area (Å²) >= 11 is 1.85. The summed E-state index contributed by atoms with van der Waals surface area (Å²) in [6.45, 7) is 2.12. The van der Waals surface area contributed by atoms with Crippen LogP contribution in [0.5, 0.6) is 0 Å². The van der Waals surface area contributed by atoms with Gasteiger partial charge >= 0.3 is 0 Å². The Morgan fingerprint density at radius 1 is 1.55 bits per heavy atom. The first kappa shape index (κ1) is 16.8. The molecule has 1 atom stereocenters. The van der Waals surface area contributed by atoms with Crippen LogP contribution >= 0.6 is 22.6 Å². The van der Waals surface area contributed by atoms with Gasteiger partial charge in [0.05, 0.1) is 0 Å². The van der Waals surface area contributed by atoms with Gasteiger partial charge in [-0.3, -0.25) is 4.79 Å². The van der Waals surface area contributed by atoms with E-state index in [9.17, 15) is 4.79 Å². The molecule has 0 bridgehead atoms.